The Balaban J connectivity index is 0.00000243. The van der Waals surface area contributed by atoms with Crippen LogP contribution in [0.15, 0.2) is 24.3 Å². The van der Waals surface area contributed by atoms with Crippen LogP contribution in [-0.4, -0.2) is 48.0 Å². The number of hydrogen-bond acceptors (Lipinski definition) is 5. The maximum absolute atomic E-state index is 12.3. The fourth-order valence-electron chi connectivity index (χ4n) is 3.51. The van der Waals surface area contributed by atoms with Crippen molar-refractivity contribution in [2.45, 2.75) is 38.2 Å². The summed E-state index contributed by atoms with van der Waals surface area (Å²) in [7, 11) is 0. The minimum Gasteiger partial charge on any atom is -0.490 e. The van der Waals surface area contributed by atoms with Crippen molar-refractivity contribution in [1.82, 2.24) is 10.2 Å². The highest BCUT2D eigenvalue weighted by molar-refractivity contribution is 5.85. The first kappa shape index (κ1) is 20.5. The van der Waals surface area contributed by atoms with E-state index < -0.39 is 4.92 Å². The van der Waals surface area contributed by atoms with Gasteiger partial charge in [0.1, 0.15) is 11.9 Å². The van der Waals surface area contributed by atoms with E-state index in [0.29, 0.717) is 18.1 Å². The summed E-state index contributed by atoms with van der Waals surface area (Å²) < 4.78 is 5.89. The molecule has 144 valence electrons. The number of likely N-dealkylation sites (tertiary alicyclic amines) is 1. The number of non-ortho nitro benzene ring substituents is 1. The number of benzene rings is 1. The van der Waals surface area contributed by atoms with Crippen LogP contribution < -0.4 is 10.1 Å². The van der Waals surface area contributed by atoms with E-state index in [2.05, 4.69) is 5.32 Å². The predicted molar refractivity (Wildman–Crippen MR) is 101 cm³/mol. The third-order valence-corrected chi connectivity index (χ3v) is 5.07. The monoisotopic (exact) mass is 383 g/mol. The molecule has 7 nitrogen and oxygen atoms in total. The molecule has 26 heavy (non-hydrogen) atoms. The zero-order chi connectivity index (χ0) is 17.6. The Morgan fingerprint density at radius 2 is 1.92 bits per heavy atom. The summed E-state index contributed by atoms with van der Waals surface area (Å²) in [5.74, 6) is 1.54. The number of nitrogens with one attached hydrogen (secondary N) is 1. The molecule has 0 aliphatic carbocycles. The average Bonchev–Trinajstić information content (AvgIpc) is 3.14. The fourth-order valence-corrected chi connectivity index (χ4v) is 3.51. The number of carbonyl (C=O) groups is 1. The van der Waals surface area contributed by atoms with Crippen LogP contribution in [0.1, 0.15) is 32.1 Å². The summed E-state index contributed by atoms with van der Waals surface area (Å²) in [6.07, 6.45) is 4.45. The highest BCUT2D eigenvalue weighted by atomic mass is 35.5. The van der Waals surface area contributed by atoms with Gasteiger partial charge in [0.2, 0.25) is 5.91 Å². The molecule has 8 heteroatoms. The predicted octanol–water partition coefficient (Wildman–Crippen LogP) is 2.78. The molecule has 2 saturated heterocycles. The number of amides is 1. The van der Waals surface area contributed by atoms with Crippen molar-refractivity contribution >= 4 is 24.0 Å². The third-order valence-electron chi connectivity index (χ3n) is 5.07. The molecule has 2 aliphatic heterocycles. The molecule has 0 bridgehead atoms. The molecule has 0 aromatic heterocycles. The summed E-state index contributed by atoms with van der Waals surface area (Å²) in [5, 5.41) is 14.0. The molecular weight excluding hydrogens is 358 g/mol. The smallest absolute Gasteiger partial charge is 0.269 e. The number of rotatable bonds is 6. The van der Waals surface area contributed by atoms with Crippen LogP contribution in [0.3, 0.4) is 0 Å². The van der Waals surface area contributed by atoms with Gasteiger partial charge in [0.05, 0.1) is 4.92 Å². The van der Waals surface area contributed by atoms with Crippen LogP contribution in [0.2, 0.25) is 0 Å². The van der Waals surface area contributed by atoms with E-state index in [1.807, 2.05) is 4.90 Å². The molecular formula is C18H26ClN3O4. The molecule has 0 radical (unpaired) electrons. The van der Waals surface area contributed by atoms with E-state index in [1.165, 1.54) is 18.6 Å². The SMILES string of the molecule is Cl.O=C(CCC1CCNC1)N1CCC(Oc2ccc([N+](=O)[O-])cc2)CC1. The molecule has 1 N–H and O–H groups in total. The van der Waals surface area contributed by atoms with E-state index in [-0.39, 0.29) is 30.1 Å². The van der Waals surface area contributed by atoms with Crippen LogP contribution >= 0.6 is 12.4 Å². The summed E-state index contributed by atoms with van der Waals surface area (Å²) in [6, 6.07) is 6.16. The third kappa shape index (κ3) is 5.57. The van der Waals surface area contributed by atoms with Crippen molar-refractivity contribution in [1.29, 1.82) is 0 Å². The van der Waals surface area contributed by atoms with Gasteiger partial charge in [-0.05, 0) is 44.0 Å². The number of piperidine rings is 1. The lowest BCUT2D eigenvalue weighted by atomic mass is 10.0. The Labute approximate surface area is 159 Å². The maximum Gasteiger partial charge on any atom is 0.269 e. The van der Waals surface area contributed by atoms with Crippen molar-refractivity contribution in [3.8, 4) is 5.75 Å². The summed E-state index contributed by atoms with van der Waals surface area (Å²) in [5.41, 5.74) is 0.0604. The molecule has 1 aromatic carbocycles. The van der Waals surface area contributed by atoms with Crippen LogP contribution in [0, 0.1) is 16.0 Å². The Morgan fingerprint density at radius 1 is 1.23 bits per heavy atom. The lowest BCUT2D eigenvalue weighted by molar-refractivity contribution is -0.384. The van der Waals surface area contributed by atoms with Gasteiger partial charge in [-0.2, -0.15) is 0 Å². The molecule has 0 spiro atoms. The average molecular weight is 384 g/mol. The molecule has 2 aliphatic rings. The van der Waals surface area contributed by atoms with Gasteiger partial charge in [-0.25, -0.2) is 0 Å². The zero-order valence-corrected chi connectivity index (χ0v) is 15.6. The highest BCUT2D eigenvalue weighted by Crippen LogP contribution is 2.23. The number of ether oxygens (including phenoxy) is 1. The topological polar surface area (TPSA) is 84.7 Å². The van der Waals surface area contributed by atoms with Gasteiger partial charge in [0, 0.05) is 44.5 Å². The van der Waals surface area contributed by atoms with E-state index in [9.17, 15) is 14.9 Å². The molecule has 1 atom stereocenters. The van der Waals surface area contributed by atoms with Gasteiger partial charge >= 0.3 is 0 Å². The van der Waals surface area contributed by atoms with Crippen LogP contribution in [-0.2, 0) is 4.79 Å². The number of carbonyl (C=O) groups excluding carboxylic acids is 1. The Morgan fingerprint density at radius 3 is 2.50 bits per heavy atom. The van der Waals surface area contributed by atoms with Gasteiger partial charge in [0.25, 0.3) is 5.69 Å². The molecule has 2 heterocycles. The summed E-state index contributed by atoms with van der Waals surface area (Å²) in [4.78, 5) is 24.5. The lowest BCUT2D eigenvalue weighted by Gasteiger charge is -2.32. The second kappa shape index (κ2) is 9.73. The largest absolute Gasteiger partial charge is 0.490 e. The normalized spacial score (nSPS) is 20.5. The van der Waals surface area contributed by atoms with Gasteiger partial charge in [0.15, 0.2) is 0 Å². The van der Waals surface area contributed by atoms with Crippen LogP contribution in [0.25, 0.3) is 0 Å². The van der Waals surface area contributed by atoms with Crippen molar-refractivity contribution in [2.75, 3.05) is 26.2 Å². The molecule has 0 saturated carbocycles. The Bertz CT molecular complexity index is 597. The van der Waals surface area contributed by atoms with Crippen LogP contribution in [0.5, 0.6) is 5.75 Å². The molecule has 1 unspecified atom stereocenters. The first-order chi connectivity index (χ1) is 12.1. The number of nitrogens with zero attached hydrogens (tertiary/aromatic N) is 2. The number of hydrogen-bond donors (Lipinski definition) is 1. The maximum atomic E-state index is 12.3. The Hall–Kier alpha value is -1.86. The Kier molecular flexibility index (Phi) is 7.66. The number of halogens is 1. The van der Waals surface area contributed by atoms with Crippen molar-refractivity contribution in [3.05, 3.63) is 34.4 Å². The molecule has 1 aromatic rings. The summed E-state index contributed by atoms with van der Waals surface area (Å²) in [6.45, 7) is 3.56. The van der Waals surface area contributed by atoms with Gasteiger partial charge in [-0.15, -0.1) is 12.4 Å². The number of nitro benzene ring substituents is 1. The second-order valence-corrected chi connectivity index (χ2v) is 6.85. The van der Waals surface area contributed by atoms with E-state index in [1.54, 1.807) is 12.1 Å². The van der Waals surface area contributed by atoms with E-state index in [0.717, 1.165) is 45.4 Å². The quantitative estimate of drug-likeness (QED) is 0.603. The summed E-state index contributed by atoms with van der Waals surface area (Å²) >= 11 is 0. The highest BCUT2D eigenvalue weighted by Gasteiger charge is 2.25. The zero-order valence-electron chi connectivity index (χ0n) is 14.8. The van der Waals surface area contributed by atoms with E-state index in [4.69, 9.17) is 4.74 Å². The fraction of sp³-hybridized carbons (Fsp3) is 0.611. The van der Waals surface area contributed by atoms with Crippen molar-refractivity contribution in [2.24, 2.45) is 5.92 Å². The van der Waals surface area contributed by atoms with Gasteiger partial charge in [-0.1, -0.05) is 0 Å². The standard InChI is InChI=1S/C18H25N3O4.ClH/c22-18(6-1-14-7-10-19-13-14)20-11-8-17(9-12-20)25-16-4-2-15(3-5-16)21(23)24;/h2-5,14,17,19H,1,6-13H2;1H. The van der Waals surface area contributed by atoms with Crippen LogP contribution in [0.4, 0.5) is 5.69 Å². The van der Waals surface area contributed by atoms with Gasteiger partial charge < -0.3 is 15.0 Å². The minimum absolute atomic E-state index is 0. The van der Waals surface area contributed by atoms with Crippen molar-refractivity contribution < 1.29 is 14.5 Å². The first-order valence-electron chi connectivity index (χ1n) is 9.01. The van der Waals surface area contributed by atoms with Crippen molar-refractivity contribution in [3.63, 3.8) is 0 Å². The van der Waals surface area contributed by atoms with E-state index >= 15 is 0 Å². The molecule has 2 fully saturated rings. The second-order valence-electron chi connectivity index (χ2n) is 6.85. The molecule has 3 rings (SSSR count). The van der Waals surface area contributed by atoms with Gasteiger partial charge in [-0.3, -0.25) is 14.9 Å². The number of nitro groups is 1. The lowest BCUT2D eigenvalue weighted by Crippen LogP contribution is -2.41. The first-order valence-corrected chi connectivity index (χ1v) is 9.01. The minimum atomic E-state index is -0.421. The molecule has 1 amide bonds.